The van der Waals surface area contributed by atoms with Crippen LogP contribution in [0, 0.1) is 0 Å². The van der Waals surface area contributed by atoms with Crippen molar-refractivity contribution in [2.45, 2.75) is 6.54 Å². The standard InChI is InChI=1S/C14H13Br2ClN2O2/c1-19(2)14(20)8-3-4-11(17)12(5-8)18-7-9-6-10(15)13(16)21-9/h3-6,18H,7H2,1-2H3. The smallest absolute Gasteiger partial charge is 0.253 e. The van der Waals surface area contributed by atoms with Crippen molar-refractivity contribution in [2.75, 3.05) is 19.4 Å². The van der Waals surface area contributed by atoms with Gasteiger partial charge in [0.15, 0.2) is 4.67 Å². The Kier molecular flexibility index (Phi) is 5.35. The largest absolute Gasteiger partial charge is 0.451 e. The Morgan fingerprint density at radius 2 is 2.05 bits per heavy atom. The highest BCUT2D eigenvalue weighted by atomic mass is 79.9. The Labute approximate surface area is 144 Å². The van der Waals surface area contributed by atoms with E-state index in [-0.39, 0.29) is 5.91 Å². The molecule has 0 radical (unpaired) electrons. The molecule has 0 atom stereocenters. The van der Waals surface area contributed by atoms with Gasteiger partial charge in [0.25, 0.3) is 5.91 Å². The molecule has 1 N–H and O–H groups in total. The van der Waals surface area contributed by atoms with Crippen molar-refractivity contribution >= 4 is 55.1 Å². The zero-order valence-corrected chi connectivity index (χ0v) is 15.3. The molecule has 0 aliphatic carbocycles. The molecule has 1 heterocycles. The summed E-state index contributed by atoms with van der Waals surface area (Å²) in [6, 6.07) is 7.00. The van der Waals surface area contributed by atoms with Crippen molar-refractivity contribution in [2.24, 2.45) is 0 Å². The van der Waals surface area contributed by atoms with Crippen LogP contribution >= 0.6 is 43.5 Å². The fourth-order valence-corrected chi connectivity index (χ4v) is 2.56. The number of amides is 1. The van der Waals surface area contributed by atoms with Gasteiger partial charge in [-0.2, -0.15) is 0 Å². The molecule has 0 bridgehead atoms. The van der Waals surface area contributed by atoms with Gasteiger partial charge in [-0.3, -0.25) is 4.79 Å². The first kappa shape index (κ1) is 16.4. The normalized spacial score (nSPS) is 10.5. The highest BCUT2D eigenvalue weighted by Gasteiger charge is 2.11. The monoisotopic (exact) mass is 434 g/mol. The van der Waals surface area contributed by atoms with Crippen LogP contribution in [0.15, 0.2) is 37.8 Å². The van der Waals surface area contributed by atoms with Crippen LogP contribution in [0.1, 0.15) is 16.1 Å². The van der Waals surface area contributed by atoms with Crippen molar-refractivity contribution in [1.29, 1.82) is 0 Å². The number of hydrogen-bond donors (Lipinski definition) is 1. The maximum Gasteiger partial charge on any atom is 0.253 e. The Bertz CT molecular complexity index is 651. The number of nitrogens with zero attached hydrogens (tertiary/aromatic N) is 1. The van der Waals surface area contributed by atoms with Gasteiger partial charge in [-0.25, -0.2) is 0 Å². The fourth-order valence-electron chi connectivity index (χ4n) is 1.71. The minimum atomic E-state index is -0.0711. The van der Waals surface area contributed by atoms with E-state index in [0.29, 0.717) is 27.5 Å². The van der Waals surface area contributed by atoms with E-state index >= 15 is 0 Å². The second kappa shape index (κ2) is 6.85. The zero-order valence-electron chi connectivity index (χ0n) is 11.4. The molecule has 0 unspecified atom stereocenters. The summed E-state index contributed by atoms with van der Waals surface area (Å²) in [5, 5.41) is 3.72. The van der Waals surface area contributed by atoms with Gasteiger partial charge in [0.2, 0.25) is 0 Å². The second-order valence-electron chi connectivity index (χ2n) is 4.58. The predicted octanol–water partition coefficient (Wildman–Crippen LogP) is 4.77. The summed E-state index contributed by atoms with van der Waals surface area (Å²) in [5.41, 5.74) is 1.27. The molecule has 1 amide bonds. The van der Waals surface area contributed by atoms with Crippen LogP contribution in [-0.2, 0) is 6.54 Å². The number of furan rings is 1. The quantitative estimate of drug-likeness (QED) is 0.751. The molecular weight excluding hydrogens is 423 g/mol. The molecule has 4 nitrogen and oxygen atoms in total. The van der Waals surface area contributed by atoms with Gasteiger partial charge >= 0.3 is 0 Å². The third-order valence-electron chi connectivity index (χ3n) is 2.77. The predicted molar refractivity (Wildman–Crippen MR) is 90.9 cm³/mol. The Balaban J connectivity index is 2.15. The van der Waals surface area contributed by atoms with Gasteiger partial charge in [-0.05, 0) is 56.1 Å². The summed E-state index contributed by atoms with van der Waals surface area (Å²) in [7, 11) is 3.42. The number of anilines is 1. The van der Waals surface area contributed by atoms with Crippen LogP contribution in [0.5, 0.6) is 0 Å². The lowest BCUT2D eigenvalue weighted by atomic mass is 10.2. The minimum absolute atomic E-state index is 0.0711. The molecule has 7 heteroatoms. The highest BCUT2D eigenvalue weighted by molar-refractivity contribution is 9.13. The molecule has 2 aromatic rings. The van der Waals surface area contributed by atoms with Crippen LogP contribution in [-0.4, -0.2) is 24.9 Å². The van der Waals surface area contributed by atoms with E-state index in [1.165, 1.54) is 4.90 Å². The Morgan fingerprint density at radius 3 is 2.62 bits per heavy atom. The first-order valence-corrected chi connectivity index (χ1v) is 8.03. The maximum absolute atomic E-state index is 12.0. The van der Waals surface area contributed by atoms with E-state index < -0.39 is 0 Å². The van der Waals surface area contributed by atoms with Crippen LogP contribution < -0.4 is 5.32 Å². The first-order chi connectivity index (χ1) is 9.88. The lowest BCUT2D eigenvalue weighted by Gasteiger charge is -2.13. The number of rotatable bonds is 4. The molecule has 0 saturated carbocycles. The summed E-state index contributed by atoms with van der Waals surface area (Å²) in [6.07, 6.45) is 0. The summed E-state index contributed by atoms with van der Waals surface area (Å²) in [6.45, 7) is 0.462. The number of halogens is 3. The number of hydrogen-bond acceptors (Lipinski definition) is 3. The summed E-state index contributed by atoms with van der Waals surface area (Å²) in [4.78, 5) is 13.5. The third kappa shape index (κ3) is 4.02. The van der Waals surface area contributed by atoms with Crippen LogP contribution in [0.3, 0.4) is 0 Å². The van der Waals surface area contributed by atoms with Gasteiger partial charge in [0, 0.05) is 19.7 Å². The van der Waals surface area contributed by atoms with E-state index in [9.17, 15) is 4.79 Å². The minimum Gasteiger partial charge on any atom is -0.451 e. The van der Waals surface area contributed by atoms with Gasteiger partial charge in [0.05, 0.1) is 21.7 Å². The Morgan fingerprint density at radius 1 is 1.33 bits per heavy atom. The van der Waals surface area contributed by atoms with E-state index in [1.54, 1.807) is 32.3 Å². The number of benzene rings is 1. The molecule has 1 aromatic carbocycles. The van der Waals surface area contributed by atoms with Gasteiger partial charge < -0.3 is 14.6 Å². The van der Waals surface area contributed by atoms with Crippen molar-refractivity contribution in [3.63, 3.8) is 0 Å². The molecule has 21 heavy (non-hydrogen) atoms. The van der Waals surface area contributed by atoms with Gasteiger partial charge in [-0.1, -0.05) is 11.6 Å². The molecule has 112 valence electrons. The Hall–Kier alpha value is -0.980. The molecule has 0 aliphatic rings. The molecule has 0 saturated heterocycles. The lowest BCUT2D eigenvalue weighted by molar-refractivity contribution is 0.0827. The molecule has 1 aromatic heterocycles. The topological polar surface area (TPSA) is 45.5 Å². The molecule has 2 rings (SSSR count). The van der Waals surface area contributed by atoms with E-state index in [4.69, 9.17) is 16.0 Å². The SMILES string of the molecule is CN(C)C(=O)c1ccc(Cl)c(NCc2cc(Br)c(Br)o2)c1. The fraction of sp³-hybridized carbons (Fsp3) is 0.214. The van der Waals surface area contributed by atoms with E-state index in [1.807, 2.05) is 6.07 Å². The highest BCUT2D eigenvalue weighted by Crippen LogP contribution is 2.28. The summed E-state index contributed by atoms with van der Waals surface area (Å²) < 4.78 is 6.97. The van der Waals surface area contributed by atoms with Crippen molar-refractivity contribution < 1.29 is 9.21 Å². The second-order valence-corrected chi connectivity index (χ2v) is 6.56. The van der Waals surface area contributed by atoms with Gasteiger partial charge in [0.1, 0.15) is 5.76 Å². The summed E-state index contributed by atoms with van der Waals surface area (Å²) in [5.74, 6) is 0.673. The molecular formula is C14H13Br2ClN2O2. The van der Waals surface area contributed by atoms with Crippen LogP contribution in [0.2, 0.25) is 5.02 Å². The average Bonchev–Trinajstić information content (AvgIpc) is 2.76. The van der Waals surface area contributed by atoms with E-state index in [0.717, 1.165) is 10.2 Å². The average molecular weight is 437 g/mol. The maximum atomic E-state index is 12.0. The van der Waals surface area contributed by atoms with Crippen molar-refractivity contribution in [1.82, 2.24) is 4.90 Å². The van der Waals surface area contributed by atoms with Crippen molar-refractivity contribution in [3.05, 3.63) is 49.8 Å². The number of carbonyl (C=O) groups excluding carboxylic acids is 1. The summed E-state index contributed by atoms with van der Waals surface area (Å²) >= 11 is 12.8. The molecule has 0 fully saturated rings. The van der Waals surface area contributed by atoms with E-state index in [2.05, 4.69) is 37.2 Å². The first-order valence-electron chi connectivity index (χ1n) is 6.07. The third-order valence-corrected chi connectivity index (χ3v) is 4.81. The van der Waals surface area contributed by atoms with Crippen molar-refractivity contribution in [3.8, 4) is 0 Å². The number of carbonyl (C=O) groups is 1. The van der Waals surface area contributed by atoms with Crippen LogP contribution in [0.4, 0.5) is 5.69 Å². The number of nitrogens with one attached hydrogen (secondary N) is 1. The molecule has 0 aliphatic heterocycles. The zero-order chi connectivity index (χ0) is 15.6. The molecule has 0 spiro atoms. The lowest BCUT2D eigenvalue weighted by Crippen LogP contribution is -2.21. The van der Waals surface area contributed by atoms with Crippen LogP contribution in [0.25, 0.3) is 0 Å². The van der Waals surface area contributed by atoms with Gasteiger partial charge in [-0.15, -0.1) is 0 Å².